The molecule has 1 unspecified atom stereocenters. The molecule has 1 N–H and O–H groups in total. The highest BCUT2D eigenvalue weighted by Gasteiger charge is 2.40. The largest absolute Gasteiger partial charge is 0.391 e. The summed E-state index contributed by atoms with van der Waals surface area (Å²) in [5, 5.41) is 11.4. The van der Waals surface area contributed by atoms with E-state index in [0.29, 0.717) is 11.4 Å². The number of pyridine rings is 1. The summed E-state index contributed by atoms with van der Waals surface area (Å²) < 4.78 is 0. The fourth-order valence-electron chi connectivity index (χ4n) is 3.21. The Morgan fingerprint density at radius 1 is 1.37 bits per heavy atom. The summed E-state index contributed by atoms with van der Waals surface area (Å²) in [4.78, 5) is 6.19. The normalized spacial score (nSPS) is 20.5. The van der Waals surface area contributed by atoms with Crippen molar-refractivity contribution in [1.82, 2.24) is 9.88 Å². The molecule has 19 heavy (non-hydrogen) atoms. The van der Waals surface area contributed by atoms with Crippen LogP contribution in [-0.2, 0) is 6.42 Å². The Morgan fingerprint density at radius 2 is 2.05 bits per heavy atom. The first-order valence-corrected chi connectivity index (χ1v) is 7.38. The van der Waals surface area contributed by atoms with Gasteiger partial charge in [-0.1, -0.05) is 30.9 Å². The van der Waals surface area contributed by atoms with E-state index in [9.17, 15) is 5.11 Å². The van der Waals surface area contributed by atoms with Crippen molar-refractivity contribution < 1.29 is 5.11 Å². The van der Waals surface area contributed by atoms with Gasteiger partial charge < -0.3 is 10.0 Å². The molecule has 0 radical (unpaired) electrons. The maximum atomic E-state index is 10.8. The highest BCUT2D eigenvalue weighted by molar-refractivity contribution is 6.31. The molecule has 3 nitrogen and oxygen atoms in total. The third-order valence-electron chi connectivity index (χ3n) is 4.50. The lowest BCUT2D eigenvalue weighted by atomic mass is 9.75. The Bertz CT molecular complexity index is 416. The molecule has 0 spiro atoms. The second kappa shape index (κ2) is 6.21. The van der Waals surface area contributed by atoms with Crippen molar-refractivity contribution in [2.24, 2.45) is 0 Å². The Kier molecular flexibility index (Phi) is 4.82. The van der Waals surface area contributed by atoms with E-state index in [1.54, 1.807) is 12.4 Å². The number of hydrogen-bond donors (Lipinski definition) is 1. The van der Waals surface area contributed by atoms with E-state index >= 15 is 0 Å². The highest BCUT2D eigenvalue weighted by Crippen LogP contribution is 2.36. The van der Waals surface area contributed by atoms with Crippen LogP contribution in [0.3, 0.4) is 0 Å². The molecule has 1 fully saturated rings. The third-order valence-corrected chi connectivity index (χ3v) is 4.84. The fourth-order valence-corrected chi connectivity index (χ4v) is 3.41. The summed E-state index contributed by atoms with van der Waals surface area (Å²) in [6.45, 7) is 0. The van der Waals surface area contributed by atoms with E-state index < -0.39 is 0 Å². The monoisotopic (exact) mass is 282 g/mol. The maximum Gasteiger partial charge on any atom is 0.0764 e. The molecule has 106 valence electrons. The van der Waals surface area contributed by atoms with Gasteiger partial charge in [-0.3, -0.25) is 4.98 Å². The van der Waals surface area contributed by atoms with Crippen LogP contribution in [0.15, 0.2) is 18.5 Å². The van der Waals surface area contributed by atoms with Gasteiger partial charge in [0.1, 0.15) is 0 Å². The molecule has 0 aromatic carbocycles. The van der Waals surface area contributed by atoms with Crippen LogP contribution in [0.2, 0.25) is 5.02 Å². The lowest BCUT2D eigenvalue weighted by molar-refractivity contribution is -0.0310. The standard InChI is InChI=1S/C15H23ClN2O/c1-18(2)15(7-4-3-5-8-15)14(19)10-12-6-9-17-11-13(12)16/h6,9,11,14,19H,3-5,7-8,10H2,1-2H3. The van der Waals surface area contributed by atoms with Crippen molar-refractivity contribution in [3.05, 3.63) is 29.0 Å². The van der Waals surface area contributed by atoms with Crippen LogP contribution in [0.4, 0.5) is 0 Å². The summed E-state index contributed by atoms with van der Waals surface area (Å²) in [6, 6.07) is 1.90. The Hall–Kier alpha value is -0.640. The van der Waals surface area contributed by atoms with Crippen LogP contribution in [-0.4, -0.2) is 40.7 Å². The maximum absolute atomic E-state index is 10.8. The molecule has 1 aliphatic carbocycles. The number of hydrogen-bond acceptors (Lipinski definition) is 3. The summed E-state index contributed by atoms with van der Waals surface area (Å²) in [5.41, 5.74) is 0.876. The van der Waals surface area contributed by atoms with Gasteiger partial charge in [0.2, 0.25) is 0 Å². The topological polar surface area (TPSA) is 36.4 Å². The molecule has 4 heteroatoms. The zero-order valence-corrected chi connectivity index (χ0v) is 12.5. The lowest BCUT2D eigenvalue weighted by Crippen LogP contribution is -2.55. The zero-order chi connectivity index (χ0) is 13.9. The number of aromatic nitrogens is 1. The number of rotatable bonds is 4. The van der Waals surface area contributed by atoms with E-state index in [1.165, 1.54) is 19.3 Å². The van der Waals surface area contributed by atoms with Gasteiger partial charge in [0.25, 0.3) is 0 Å². The van der Waals surface area contributed by atoms with Crippen molar-refractivity contribution in [2.75, 3.05) is 14.1 Å². The Morgan fingerprint density at radius 3 is 2.63 bits per heavy atom. The second-order valence-corrected chi connectivity index (χ2v) is 6.15. The predicted molar refractivity (Wildman–Crippen MR) is 78.5 cm³/mol. The molecule has 0 amide bonds. The predicted octanol–water partition coefficient (Wildman–Crippen LogP) is 2.90. The average Bonchev–Trinajstić information content (AvgIpc) is 2.42. The van der Waals surface area contributed by atoms with Crippen LogP contribution in [0.5, 0.6) is 0 Å². The van der Waals surface area contributed by atoms with Gasteiger partial charge in [-0.15, -0.1) is 0 Å². The van der Waals surface area contributed by atoms with E-state index in [0.717, 1.165) is 18.4 Å². The van der Waals surface area contributed by atoms with E-state index in [2.05, 4.69) is 24.0 Å². The van der Waals surface area contributed by atoms with Crippen LogP contribution in [0.1, 0.15) is 37.7 Å². The first-order valence-electron chi connectivity index (χ1n) is 7.00. The molecule has 2 rings (SSSR count). The first-order chi connectivity index (χ1) is 9.06. The zero-order valence-electron chi connectivity index (χ0n) is 11.8. The molecule has 0 aliphatic heterocycles. The summed E-state index contributed by atoms with van der Waals surface area (Å²) >= 11 is 6.15. The first kappa shape index (κ1) is 14.8. The summed E-state index contributed by atoms with van der Waals surface area (Å²) in [5.74, 6) is 0. The molecule has 1 heterocycles. The number of aliphatic hydroxyl groups is 1. The van der Waals surface area contributed by atoms with Gasteiger partial charge in [-0.25, -0.2) is 0 Å². The van der Waals surface area contributed by atoms with Crippen LogP contribution in [0, 0.1) is 0 Å². The van der Waals surface area contributed by atoms with Crippen molar-refractivity contribution in [1.29, 1.82) is 0 Å². The SMILES string of the molecule is CN(C)C1(C(O)Cc2ccncc2Cl)CCCCC1. The number of likely N-dealkylation sites (N-methyl/N-ethyl adjacent to an activating group) is 1. The van der Waals surface area contributed by atoms with Crippen LogP contribution >= 0.6 is 11.6 Å². The Labute approximate surface area is 120 Å². The van der Waals surface area contributed by atoms with E-state index in [4.69, 9.17) is 11.6 Å². The number of aliphatic hydroxyl groups excluding tert-OH is 1. The van der Waals surface area contributed by atoms with Crippen molar-refractivity contribution in [3.63, 3.8) is 0 Å². The summed E-state index contributed by atoms with van der Waals surface area (Å²) in [6.07, 6.45) is 9.37. The molecule has 0 bridgehead atoms. The molecule has 0 saturated heterocycles. The van der Waals surface area contributed by atoms with Crippen molar-refractivity contribution >= 4 is 11.6 Å². The molecule has 1 atom stereocenters. The van der Waals surface area contributed by atoms with Gasteiger partial charge in [0.15, 0.2) is 0 Å². The van der Waals surface area contributed by atoms with Crippen LogP contribution < -0.4 is 0 Å². The highest BCUT2D eigenvalue weighted by atomic mass is 35.5. The van der Waals surface area contributed by atoms with Crippen molar-refractivity contribution in [2.45, 2.75) is 50.2 Å². The molecule has 1 aromatic heterocycles. The number of halogens is 1. The Balaban J connectivity index is 2.16. The summed E-state index contributed by atoms with van der Waals surface area (Å²) in [7, 11) is 4.14. The third kappa shape index (κ3) is 3.10. The fraction of sp³-hybridized carbons (Fsp3) is 0.667. The second-order valence-electron chi connectivity index (χ2n) is 5.75. The molecular weight excluding hydrogens is 260 g/mol. The smallest absolute Gasteiger partial charge is 0.0764 e. The van der Waals surface area contributed by atoms with E-state index in [-0.39, 0.29) is 11.6 Å². The quantitative estimate of drug-likeness (QED) is 0.922. The minimum absolute atomic E-state index is 0.106. The molecule has 1 aliphatic rings. The molecule has 1 saturated carbocycles. The van der Waals surface area contributed by atoms with Gasteiger partial charge in [-0.2, -0.15) is 0 Å². The van der Waals surface area contributed by atoms with Gasteiger partial charge in [0.05, 0.1) is 11.1 Å². The van der Waals surface area contributed by atoms with Gasteiger partial charge >= 0.3 is 0 Å². The van der Waals surface area contributed by atoms with Crippen LogP contribution in [0.25, 0.3) is 0 Å². The molecular formula is C15H23ClN2O. The van der Waals surface area contributed by atoms with Gasteiger partial charge in [0, 0.05) is 24.4 Å². The van der Waals surface area contributed by atoms with E-state index in [1.807, 2.05) is 6.07 Å². The lowest BCUT2D eigenvalue weighted by Gasteiger charge is -2.46. The molecule has 1 aromatic rings. The minimum atomic E-state index is -0.386. The van der Waals surface area contributed by atoms with Gasteiger partial charge in [-0.05, 0) is 38.6 Å². The number of nitrogens with zero attached hydrogens (tertiary/aromatic N) is 2. The average molecular weight is 283 g/mol. The van der Waals surface area contributed by atoms with Crippen molar-refractivity contribution in [3.8, 4) is 0 Å². The minimum Gasteiger partial charge on any atom is -0.391 e.